The van der Waals surface area contributed by atoms with E-state index in [0.717, 1.165) is 23.2 Å². The molecule has 1 unspecified atom stereocenters. The van der Waals surface area contributed by atoms with Crippen molar-refractivity contribution in [3.05, 3.63) is 89.4 Å². The van der Waals surface area contributed by atoms with Gasteiger partial charge in [-0.3, -0.25) is 4.79 Å². The summed E-state index contributed by atoms with van der Waals surface area (Å²) in [5.41, 5.74) is 4.55. The third-order valence-corrected chi connectivity index (χ3v) is 6.55. The van der Waals surface area contributed by atoms with Gasteiger partial charge in [-0.05, 0) is 42.3 Å². The van der Waals surface area contributed by atoms with Crippen LogP contribution in [0.3, 0.4) is 0 Å². The molecule has 2 aromatic carbocycles. The maximum atomic E-state index is 12.8. The summed E-state index contributed by atoms with van der Waals surface area (Å²) in [7, 11) is 1.62. The molecule has 6 rings (SSSR count). The number of methoxy groups -OCH3 is 1. The molecule has 10 nitrogen and oxygen atoms in total. The first-order valence-electron chi connectivity index (χ1n) is 12.0. The number of aryl methyl sites for hydroxylation is 1. The first-order valence-corrected chi connectivity index (χ1v) is 12.0. The molecular formula is C27H25N7O3. The summed E-state index contributed by atoms with van der Waals surface area (Å²) in [4.78, 5) is 12.8. The predicted molar refractivity (Wildman–Crippen MR) is 136 cm³/mol. The third kappa shape index (κ3) is 4.26. The zero-order valence-electron chi connectivity index (χ0n) is 20.5. The van der Waals surface area contributed by atoms with Gasteiger partial charge in [-0.1, -0.05) is 36.4 Å². The lowest BCUT2D eigenvalue weighted by molar-refractivity contribution is -0.116. The van der Waals surface area contributed by atoms with Gasteiger partial charge in [0, 0.05) is 24.3 Å². The van der Waals surface area contributed by atoms with Crippen molar-refractivity contribution in [2.45, 2.75) is 25.7 Å². The van der Waals surface area contributed by atoms with Crippen molar-refractivity contribution >= 4 is 17.4 Å². The van der Waals surface area contributed by atoms with Crippen LogP contribution in [0.1, 0.15) is 34.7 Å². The smallest absolute Gasteiger partial charge is 0.226 e. The van der Waals surface area contributed by atoms with Gasteiger partial charge in [0.25, 0.3) is 0 Å². The molecule has 10 heteroatoms. The van der Waals surface area contributed by atoms with E-state index in [1.807, 2.05) is 49.4 Å². The molecule has 1 amide bonds. The van der Waals surface area contributed by atoms with Crippen LogP contribution in [-0.2, 0) is 11.2 Å². The molecule has 37 heavy (non-hydrogen) atoms. The quantitative estimate of drug-likeness (QED) is 0.367. The summed E-state index contributed by atoms with van der Waals surface area (Å²) in [5, 5.41) is 20.1. The lowest BCUT2D eigenvalue weighted by Gasteiger charge is -2.25. The number of rotatable bonds is 7. The van der Waals surface area contributed by atoms with E-state index in [9.17, 15) is 4.79 Å². The van der Waals surface area contributed by atoms with Gasteiger partial charge < -0.3 is 14.8 Å². The zero-order chi connectivity index (χ0) is 25.4. The first-order chi connectivity index (χ1) is 18.1. The second kappa shape index (κ2) is 9.38. The van der Waals surface area contributed by atoms with Crippen molar-refractivity contribution < 1.29 is 14.3 Å². The summed E-state index contributed by atoms with van der Waals surface area (Å²) >= 11 is 0. The average Bonchev–Trinajstić information content (AvgIpc) is 3.52. The summed E-state index contributed by atoms with van der Waals surface area (Å²) < 4.78 is 14.9. The van der Waals surface area contributed by atoms with E-state index in [4.69, 9.17) is 14.6 Å². The molecule has 1 aliphatic rings. The fourth-order valence-electron chi connectivity index (χ4n) is 4.77. The van der Waals surface area contributed by atoms with Crippen LogP contribution in [0.25, 0.3) is 11.5 Å². The van der Waals surface area contributed by atoms with Crippen molar-refractivity contribution in [3.8, 4) is 17.3 Å². The molecule has 186 valence electrons. The number of hydrogen-bond acceptors (Lipinski definition) is 7. The van der Waals surface area contributed by atoms with E-state index in [1.54, 1.807) is 22.4 Å². The molecule has 0 spiro atoms. The van der Waals surface area contributed by atoms with Crippen LogP contribution in [0.2, 0.25) is 0 Å². The largest absolute Gasteiger partial charge is 0.493 e. The number of nitrogens with zero attached hydrogens (tertiary/aromatic N) is 6. The van der Waals surface area contributed by atoms with Gasteiger partial charge in [0.1, 0.15) is 12.1 Å². The highest BCUT2D eigenvalue weighted by molar-refractivity contribution is 5.95. The zero-order valence-corrected chi connectivity index (χ0v) is 20.5. The highest BCUT2D eigenvalue weighted by Gasteiger charge is 2.33. The van der Waals surface area contributed by atoms with E-state index >= 15 is 0 Å². The van der Waals surface area contributed by atoms with E-state index in [2.05, 4.69) is 32.7 Å². The molecule has 1 N–H and O–H groups in total. The molecule has 1 aliphatic heterocycles. The minimum atomic E-state index is -0.191. The molecule has 0 aliphatic carbocycles. The van der Waals surface area contributed by atoms with Crippen molar-refractivity contribution in [1.29, 1.82) is 0 Å². The molecular weight excluding hydrogens is 470 g/mol. The summed E-state index contributed by atoms with van der Waals surface area (Å²) in [6.07, 6.45) is 2.62. The Kier molecular flexibility index (Phi) is 5.76. The summed E-state index contributed by atoms with van der Waals surface area (Å²) in [5.74, 6) is 2.18. The van der Waals surface area contributed by atoms with Crippen LogP contribution >= 0.6 is 0 Å². The van der Waals surface area contributed by atoms with Crippen LogP contribution in [0.5, 0.6) is 11.5 Å². The second-order valence-electron chi connectivity index (χ2n) is 8.88. The molecule has 0 saturated heterocycles. The Balaban J connectivity index is 1.31. The summed E-state index contributed by atoms with van der Waals surface area (Å²) in [6.45, 7) is 2.47. The number of fused-ring (bicyclic) bond motifs is 2. The van der Waals surface area contributed by atoms with Crippen molar-refractivity contribution in [2.24, 2.45) is 0 Å². The van der Waals surface area contributed by atoms with Crippen molar-refractivity contribution in [1.82, 2.24) is 29.6 Å². The normalized spacial score (nSPS) is 14.9. The molecule has 1 atom stereocenters. The van der Waals surface area contributed by atoms with Gasteiger partial charge in [0.05, 0.1) is 19.4 Å². The highest BCUT2D eigenvalue weighted by atomic mass is 16.5. The lowest BCUT2D eigenvalue weighted by atomic mass is 9.85. The molecule has 5 aromatic rings. The van der Waals surface area contributed by atoms with Crippen LogP contribution in [0.4, 0.5) is 5.82 Å². The number of anilines is 1. The maximum absolute atomic E-state index is 12.8. The van der Waals surface area contributed by atoms with Crippen molar-refractivity contribution in [2.75, 3.05) is 19.0 Å². The maximum Gasteiger partial charge on any atom is 0.226 e. The molecule has 4 heterocycles. The molecule has 0 bridgehead atoms. The number of benzene rings is 2. The number of aromatic nitrogens is 6. The Morgan fingerprint density at radius 3 is 2.76 bits per heavy atom. The lowest BCUT2D eigenvalue weighted by Crippen LogP contribution is -2.25. The summed E-state index contributed by atoms with van der Waals surface area (Å²) in [6, 6.07) is 19.7. The van der Waals surface area contributed by atoms with Gasteiger partial charge in [-0.25, -0.2) is 0 Å². The standard InChI is InChI=1S/C27H25N7O3/c1-17-26-20(19-8-9-21(22(14-19)36-2)37-13-12-18-6-4-3-5-7-18)15-25(35)29-27(26)34(31-17)24-11-10-23-30-28-16-33(23)32-24/h3-11,14,16,20H,12-13,15H2,1-2H3,(H,29,35). The fourth-order valence-corrected chi connectivity index (χ4v) is 4.77. The van der Waals surface area contributed by atoms with E-state index in [0.29, 0.717) is 41.8 Å². The van der Waals surface area contributed by atoms with Crippen LogP contribution in [-0.4, -0.2) is 49.2 Å². The SMILES string of the molecule is COc1cc(C2CC(=O)Nc3c2c(C)nn3-c2ccc3nncn3n2)ccc1OCCc1ccccc1. The number of amides is 1. The van der Waals surface area contributed by atoms with Gasteiger partial charge in [0.2, 0.25) is 5.91 Å². The second-order valence-corrected chi connectivity index (χ2v) is 8.88. The molecule has 0 saturated carbocycles. The minimum Gasteiger partial charge on any atom is -0.493 e. The Labute approximate surface area is 212 Å². The van der Waals surface area contributed by atoms with E-state index < -0.39 is 0 Å². The molecule has 0 fully saturated rings. The monoisotopic (exact) mass is 495 g/mol. The Hall–Kier alpha value is -4.73. The Morgan fingerprint density at radius 2 is 1.92 bits per heavy atom. The van der Waals surface area contributed by atoms with Gasteiger partial charge in [-0.2, -0.15) is 14.3 Å². The number of ether oxygens (including phenoxy) is 2. The fraction of sp³-hybridized carbons (Fsp3) is 0.222. The molecule has 0 radical (unpaired) electrons. The van der Waals surface area contributed by atoms with Gasteiger partial charge in [0.15, 0.2) is 23.0 Å². The van der Waals surface area contributed by atoms with Crippen LogP contribution < -0.4 is 14.8 Å². The van der Waals surface area contributed by atoms with E-state index in [1.165, 1.54) is 11.9 Å². The van der Waals surface area contributed by atoms with Crippen LogP contribution in [0, 0.1) is 6.92 Å². The van der Waals surface area contributed by atoms with Crippen LogP contribution in [0.15, 0.2) is 67.0 Å². The molecule has 3 aromatic heterocycles. The first kappa shape index (κ1) is 22.7. The number of nitrogens with one attached hydrogen (secondary N) is 1. The third-order valence-electron chi connectivity index (χ3n) is 6.55. The van der Waals surface area contributed by atoms with Gasteiger partial charge in [-0.15, -0.1) is 15.3 Å². The van der Waals surface area contributed by atoms with Crippen molar-refractivity contribution in [3.63, 3.8) is 0 Å². The predicted octanol–water partition coefficient (Wildman–Crippen LogP) is 3.72. The Bertz CT molecular complexity index is 1590. The number of hydrogen-bond donors (Lipinski definition) is 1. The van der Waals surface area contributed by atoms with Gasteiger partial charge >= 0.3 is 0 Å². The number of carbonyl (C=O) groups excluding carboxylic acids is 1. The van der Waals surface area contributed by atoms with E-state index in [-0.39, 0.29) is 11.8 Å². The number of carbonyl (C=O) groups is 1. The highest BCUT2D eigenvalue weighted by Crippen LogP contribution is 2.42. The average molecular weight is 496 g/mol. The topological polar surface area (TPSA) is 108 Å². The Morgan fingerprint density at radius 1 is 1.05 bits per heavy atom. The minimum absolute atomic E-state index is 0.0915.